The SMILES string of the molecule is C/C(=C/CO)CCCCl. The fraction of sp³-hybridized carbons (Fsp3) is 0.714. The number of hydrogen-bond donors (Lipinski definition) is 1. The van der Waals surface area contributed by atoms with Gasteiger partial charge in [-0.1, -0.05) is 11.6 Å². The van der Waals surface area contributed by atoms with E-state index in [0.717, 1.165) is 12.8 Å². The van der Waals surface area contributed by atoms with Gasteiger partial charge in [-0.05, 0) is 19.8 Å². The Kier molecular flexibility index (Phi) is 6.11. The monoisotopic (exact) mass is 148 g/mol. The van der Waals surface area contributed by atoms with Crippen molar-refractivity contribution >= 4 is 11.6 Å². The van der Waals surface area contributed by atoms with Crippen molar-refractivity contribution in [2.75, 3.05) is 12.5 Å². The van der Waals surface area contributed by atoms with Gasteiger partial charge in [-0.2, -0.15) is 0 Å². The lowest BCUT2D eigenvalue weighted by Gasteiger charge is -1.95. The number of allylic oxidation sites excluding steroid dienone is 1. The van der Waals surface area contributed by atoms with Crippen LogP contribution in [0.2, 0.25) is 0 Å². The molecule has 0 unspecified atom stereocenters. The highest BCUT2D eigenvalue weighted by Crippen LogP contribution is 2.03. The molecule has 0 saturated carbocycles. The first kappa shape index (κ1) is 8.99. The average Bonchev–Trinajstić information content (AvgIpc) is 1.85. The highest BCUT2D eigenvalue weighted by atomic mass is 35.5. The Labute approximate surface area is 61.3 Å². The summed E-state index contributed by atoms with van der Waals surface area (Å²) in [5, 5.41) is 8.43. The van der Waals surface area contributed by atoms with E-state index in [0.29, 0.717) is 5.88 Å². The quantitative estimate of drug-likeness (QED) is 0.477. The van der Waals surface area contributed by atoms with Crippen LogP contribution < -0.4 is 0 Å². The molecule has 0 radical (unpaired) electrons. The summed E-state index contributed by atoms with van der Waals surface area (Å²) in [6.07, 6.45) is 3.82. The van der Waals surface area contributed by atoms with Crippen molar-refractivity contribution in [3.63, 3.8) is 0 Å². The summed E-state index contributed by atoms with van der Waals surface area (Å²) in [5.74, 6) is 0.705. The van der Waals surface area contributed by atoms with E-state index in [9.17, 15) is 0 Å². The van der Waals surface area contributed by atoms with Gasteiger partial charge in [0.15, 0.2) is 0 Å². The lowest BCUT2D eigenvalue weighted by Crippen LogP contribution is -1.82. The molecule has 0 bridgehead atoms. The van der Waals surface area contributed by atoms with Gasteiger partial charge in [0.05, 0.1) is 6.61 Å². The average molecular weight is 149 g/mol. The predicted molar refractivity (Wildman–Crippen MR) is 40.8 cm³/mol. The van der Waals surface area contributed by atoms with Gasteiger partial charge in [-0.3, -0.25) is 0 Å². The minimum atomic E-state index is 0.147. The van der Waals surface area contributed by atoms with Crippen LogP contribution in [0, 0.1) is 0 Å². The molecule has 0 aromatic heterocycles. The van der Waals surface area contributed by atoms with Gasteiger partial charge in [0.2, 0.25) is 0 Å². The molecule has 0 aromatic rings. The van der Waals surface area contributed by atoms with E-state index < -0.39 is 0 Å². The number of hydrogen-bond acceptors (Lipinski definition) is 1. The van der Waals surface area contributed by atoms with E-state index in [-0.39, 0.29) is 6.61 Å². The number of halogens is 1. The summed E-state index contributed by atoms with van der Waals surface area (Å²) in [6, 6.07) is 0. The van der Waals surface area contributed by atoms with E-state index >= 15 is 0 Å². The van der Waals surface area contributed by atoms with Gasteiger partial charge < -0.3 is 5.11 Å². The Morgan fingerprint density at radius 1 is 1.67 bits per heavy atom. The fourth-order valence-corrected chi connectivity index (χ4v) is 0.737. The van der Waals surface area contributed by atoms with Crippen LogP contribution in [0.25, 0.3) is 0 Å². The molecule has 0 atom stereocenters. The van der Waals surface area contributed by atoms with E-state index in [4.69, 9.17) is 16.7 Å². The van der Waals surface area contributed by atoms with Crippen molar-refractivity contribution in [3.8, 4) is 0 Å². The zero-order chi connectivity index (χ0) is 7.11. The maximum atomic E-state index is 8.43. The Morgan fingerprint density at radius 3 is 2.78 bits per heavy atom. The third-order valence-electron chi connectivity index (χ3n) is 1.14. The van der Waals surface area contributed by atoms with Crippen LogP contribution in [0.15, 0.2) is 11.6 Å². The minimum absolute atomic E-state index is 0.147. The van der Waals surface area contributed by atoms with Crippen molar-refractivity contribution in [3.05, 3.63) is 11.6 Å². The molecular weight excluding hydrogens is 136 g/mol. The lowest BCUT2D eigenvalue weighted by molar-refractivity contribution is 0.341. The molecule has 0 rings (SSSR count). The molecule has 1 N–H and O–H groups in total. The van der Waals surface area contributed by atoms with Crippen LogP contribution in [0.5, 0.6) is 0 Å². The van der Waals surface area contributed by atoms with Gasteiger partial charge in [0.25, 0.3) is 0 Å². The standard InChI is InChI=1S/C7H13ClO/c1-7(4-6-9)3-2-5-8/h4,9H,2-3,5-6H2,1H3/b7-4-. The summed E-state index contributed by atoms with van der Waals surface area (Å²) in [7, 11) is 0. The van der Waals surface area contributed by atoms with Gasteiger partial charge in [0, 0.05) is 5.88 Å². The van der Waals surface area contributed by atoms with Gasteiger partial charge in [0.1, 0.15) is 0 Å². The Hall–Kier alpha value is -0.0100. The van der Waals surface area contributed by atoms with Crippen LogP contribution in [0.4, 0.5) is 0 Å². The smallest absolute Gasteiger partial charge is 0.0614 e. The first-order valence-corrected chi connectivity index (χ1v) is 3.67. The topological polar surface area (TPSA) is 20.2 Å². The Morgan fingerprint density at radius 2 is 2.33 bits per heavy atom. The van der Waals surface area contributed by atoms with E-state index in [1.165, 1.54) is 5.57 Å². The van der Waals surface area contributed by atoms with Gasteiger partial charge in [-0.15, -0.1) is 11.6 Å². The fourth-order valence-electron chi connectivity index (χ4n) is 0.604. The van der Waals surface area contributed by atoms with Crippen LogP contribution in [0.3, 0.4) is 0 Å². The summed E-state index contributed by atoms with van der Waals surface area (Å²) in [4.78, 5) is 0. The zero-order valence-corrected chi connectivity index (χ0v) is 6.49. The molecule has 0 aromatic carbocycles. The Balaban J connectivity index is 3.25. The second-order valence-corrected chi connectivity index (χ2v) is 2.40. The molecule has 0 saturated heterocycles. The molecule has 1 nitrogen and oxygen atoms in total. The van der Waals surface area contributed by atoms with E-state index in [1.807, 2.05) is 13.0 Å². The third-order valence-corrected chi connectivity index (χ3v) is 1.41. The minimum Gasteiger partial charge on any atom is -0.392 e. The molecular formula is C7H13ClO. The van der Waals surface area contributed by atoms with Crippen LogP contribution >= 0.6 is 11.6 Å². The molecule has 0 spiro atoms. The molecule has 54 valence electrons. The van der Waals surface area contributed by atoms with Crippen molar-refractivity contribution in [2.24, 2.45) is 0 Å². The number of aliphatic hydroxyl groups is 1. The zero-order valence-electron chi connectivity index (χ0n) is 5.73. The molecule has 0 aliphatic heterocycles. The predicted octanol–water partition coefficient (Wildman–Crippen LogP) is 1.94. The molecule has 0 amide bonds. The number of rotatable bonds is 4. The molecule has 0 fully saturated rings. The molecule has 0 aliphatic carbocycles. The maximum Gasteiger partial charge on any atom is 0.0614 e. The van der Waals surface area contributed by atoms with Crippen molar-refractivity contribution in [1.29, 1.82) is 0 Å². The van der Waals surface area contributed by atoms with Gasteiger partial charge >= 0.3 is 0 Å². The maximum absolute atomic E-state index is 8.43. The van der Waals surface area contributed by atoms with Crippen molar-refractivity contribution < 1.29 is 5.11 Å². The highest BCUT2D eigenvalue weighted by Gasteiger charge is 1.86. The number of alkyl halides is 1. The largest absolute Gasteiger partial charge is 0.392 e. The Bertz CT molecular complexity index is 88.9. The first-order valence-electron chi connectivity index (χ1n) is 3.13. The molecule has 9 heavy (non-hydrogen) atoms. The van der Waals surface area contributed by atoms with Gasteiger partial charge in [-0.25, -0.2) is 0 Å². The van der Waals surface area contributed by atoms with E-state index in [1.54, 1.807) is 0 Å². The normalized spacial score (nSPS) is 12.1. The summed E-state index contributed by atoms with van der Waals surface area (Å²) in [5.41, 5.74) is 1.22. The van der Waals surface area contributed by atoms with E-state index in [2.05, 4.69) is 0 Å². The first-order chi connectivity index (χ1) is 4.31. The summed E-state index contributed by atoms with van der Waals surface area (Å²) < 4.78 is 0. The summed E-state index contributed by atoms with van der Waals surface area (Å²) >= 11 is 5.46. The van der Waals surface area contributed by atoms with Crippen molar-refractivity contribution in [2.45, 2.75) is 19.8 Å². The molecule has 2 heteroatoms. The molecule has 0 heterocycles. The lowest BCUT2D eigenvalue weighted by atomic mass is 10.2. The van der Waals surface area contributed by atoms with Crippen LogP contribution in [-0.4, -0.2) is 17.6 Å². The third kappa shape index (κ3) is 5.87. The highest BCUT2D eigenvalue weighted by molar-refractivity contribution is 6.17. The number of aliphatic hydroxyl groups excluding tert-OH is 1. The second-order valence-electron chi connectivity index (χ2n) is 2.03. The molecule has 0 aliphatic rings. The summed E-state index contributed by atoms with van der Waals surface area (Å²) in [6.45, 7) is 2.15. The second kappa shape index (κ2) is 6.12. The van der Waals surface area contributed by atoms with Crippen molar-refractivity contribution in [1.82, 2.24) is 0 Å². The van der Waals surface area contributed by atoms with Crippen LogP contribution in [0.1, 0.15) is 19.8 Å². The van der Waals surface area contributed by atoms with Crippen LogP contribution in [-0.2, 0) is 0 Å².